The fraction of sp³-hybridized carbons (Fsp3) is 0.500. The molecule has 4 nitrogen and oxygen atoms in total. The average Bonchev–Trinajstić information content (AvgIpc) is 2.85. The van der Waals surface area contributed by atoms with Gasteiger partial charge in [-0.3, -0.25) is 0 Å². The highest BCUT2D eigenvalue weighted by Gasteiger charge is 2.18. The van der Waals surface area contributed by atoms with Gasteiger partial charge < -0.3 is 11.1 Å². The van der Waals surface area contributed by atoms with Gasteiger partial charge in [0.15, 0.2) is 0 Å². The van der Waals surface area contributed by atoms with E-state index in [1.807, 2.05) is 12.3 Å². The van der Waals surface area contributed by atoms with E-state index in [0.29, 0.717) is 17.8 Å². The second kappa shape index (κ2) is 5.24. The Morgan fingerprint density at radius 2 is 2.06 bits per heavy atom. The van der Waals surface area contributed by atoms with Gasteiger partial charge in [0.25, 0.3) is 0 Å². The molecule has 0 spiro atoms. The van der Waals surface area contributed by atoms with Crippen molar-refractivity contribution in [3.05, 3.63) is 10.4 Å². The molecule has 0 saturated carbocycles. The predicted octanol–water partition coefficient (Wildman–Crippen LogP) is 3.61. The van der Waals surface area contributed by atoms with E-state index in [0.717, 1.165) is 21.3 Å². The molecule has 0 aliphatic rings. The number of anilines is 2. The Hall–Kier alpha value is -1.14. The third kappa shape index (κ3) is 2.64. The maximum Gasteiger partial charge on any atom is 0.148 e. The Labute approximate surface area is 115 Å². The topological polar surface area (TPSA) is 63.8 Å². The summed E-state index contributed by atoms with van der Waals surface area (Å²) in [5.74, 6) is 1.11. The molecule has 0 radical (unpaired) electrons. The van der Waals surface area contributed by atoms with Gasteiger partial charge in [0.05, 0.1) is 16.3 Å². The molecule has 0 aliphatic carbocycles. The molecular formula is C12H18N4S2. The highest BCUT2D eigenvalue weighted by atomic mass is 32.1. The summed E-state index contributed by atoms with van der Waals surface area (Å²) in [6, 6.07) is 0.378. The molecule has 18 heavy (non-hydrogen) atoms. The first-order chi connectivity index (χ1) is 8.49. The Kier molecular flexibility index (Phi) is 3.87. The van der Waals surface area contributed by atoms with Crippen molar-refractivity contribution < 1.29 is 0 Å². The number of thiazole rings is 1. The standard InChI is InChI=1S/C12H18N4S2/c1-6(2)7(3)14-12-10(11(13)16-18-12)9-5-17-8(4)15-9/h5-7,14H,1-4H3,(H2,13,16). The quantitative estimate of drug-likeness (QED) is 0.899. The van der Waals surface area contributed by atoms with E-state index in [1.54, 1.807) is 11.3 Å². The van der Waals surface area contributed by atoms with E-state index in [-0.39, 0.29) is 0 Å². The lowest BCUT2D eigenvalue weighted by atomic mass is 10.1. The number of aromatic nitrogens is 2. The van der Waals surface area contributed by atoms with E-state index >= 15 is 0 Å². The predicted molar refractivity (Wildman–Crippen MR) is 80.3 cm³/mol. The van der Waals surface area contributed by atoms with Crippen LogP contribution in [0.15, 0.2) is 5.38 Å². The van der Waals surface area contributed by atoms with Crippen LogP contribution in [0.5, 0.6) is 0 Å². The molecule has 0 bridgehead atoms. The van der Waals surface area contributed by atoms with Crippen LogP contribution in [0.3, 0.4) is 0 Å². The molecule has 3 N–H and O–H groups in total. The summed E-state index contributed by atoms with van der Waals surface area (Å²) in [5, 5.41) is 7.56. The molecule has 1 unspecified atom stereocenters. The first-order valence-corrected chi connectivity index (χ1v) is 7.58. The van der Waals surface area contributed by atoms with E-state index in [9.17, 15) is 0 Å². The second-order valence-corrected chi connectivity index (χ2v) is 6.54. The molecule has 2 heterocycles. The number of aryl methyl sites for hydroxylation is 1. The van der Waals surface area contributed by atoms with Gasteiger partial charge in [0, 0.05) is 11.4 Å². The largest absolute Gasteiger partial charge is 0.382 e. The number of hydrogen-bond donors (Lipinski definition) is 2. The fourth-order valence-corrected chi connectivity index (χ4v) is 2.92. The number of nitrogens with zero attached hydrogens (tertiary/aromatic N) is 2. The van der Waals surface area contributed by atoms with Crippen molar-refractivity contribution in [2.75, 3.05) is 11.1 Å². The minimum Gasteiger partial charge on any atom is -0.382 e. The van der Waals surface area contributed by atoms with Gasteiger partial charge in [0.2, 0.25) is 0 Å². The number of nitrogens with two attached hydrogens (primary N) is 1. The normalized spacial score (nSPS) is 12.9. The van der Waals surface area contributed by atoms with Crippen LogP contribution in [0, 0.1) is 12.8 Å². The SMILES string of the molecule is Cc1nc(-c2c(N)nsc2NC(C)C(C)C)cs1. The lowest BCUT2D eigenvalue weighted by Crippen LogP contribution is -2.21. The minimum absolute atomic E-state index is 0.378. The first kappa shape index (κ1) is 13.3. The zero-order valence-corrected chi connectivity index (χ0v) is 12.7. The van der Waals surface area contributed by atoms with Crippen molar-refractivity contribution in [1.29, 1.82) is 0 Å². The summed E-state index contributed by atoms with van der Waals surface area (Å²) < 4.78 is 4.24. The van der Waals surface area contributed by atoms with Crippen LogP contribution in [-0.2, 0) is 0 Å². The number of hydrogen-bond acceptors (Lipinski definition) is 6. The van der Waals surface area contributed by atoms with Crippen molar-refractivity contribution in [3.63, 3.8) is 0 Å². The number of nitrogens with one attached hydrogen (secondary N) is 1. The summed E-state index contributed by atoms with van der Waals surface area (Å²) in [5.41, 5.74) is 7.82. The molecule has 2 rings (SSSR count). The van der Waals surface area contributed by atoms with Crippen LogP contribution < -0.4 is 11.1 Å². The highest BCUT2D eigenvalue weighted by Crippen LogP contribution is 2.37. The molecule has 0 fully saturated rings. The van der Waals surface area contributed by atoms with Crippen LogP contribution >= 0.6 is 22.9 Å². The van der Waals surface area contributed by atoms with Gasteiger partial charge >= 0.3 is 0 Å². The van der Waals surface area contributed by atoms with Crippen LogP contribution in [0.1, 0.15) is 25.8 Å². The second-order valence-electron chi connectivity index (χ2n) is 4.70. The minimum atomic E-state index is 0.378. The third-order valence-corrected chi connectivity index (χ3v) is 4.52. The Morgan fingerprint density at radius 1 is 1.33 bits per heavy atom. The lowest BCUT2D eigenvalue weighted by molar-refractivity contribution is 0.561. The lowest BCUT2D eigenvalue weighted by Gasteiger charge is -2.17. The maximum absolute atomic E-state index is 5.96. The van der Waals surface area contributed by atoms with E-state index < -0.39 is 0 Å². The van der Waals surface area contributed by atoms with Gasteiger partial charge in [-0.2, -0.15) is 4.37 Å². The molecule has 0 aliphatic heterocycles. The third-order valence-electron chi connectivity index (χ3n) is 2.95. The van der Waals surface area contributed by atoms with Crippen molar-refractivity contribution in [1.82, 2.24) is 9.36 Å². The number of nitrogen functional groups attached to an aromatic ring is 1. The van der Waals surface area contributed by atoms with E-state index in [2.05, 4.69) is 35.4 Å². The van der Waals surface area contributed by atoms with Crippen molar-refractivity contribution >= 4 is 33.7 Å². The summed E-state index contributed by atoms with van der Waals surface area (Å²) in [6.07, 6.45) is 0. The molecule has 0 aromatic carbocycles. The summed E-state index contributed by atoms with van der Waals surface area (Å²) in [7, 11) is 0. The van der Waals surface area contributed by atoms with Crippen molar-refractivity contribution in [2.24, 2.45) is 5.92 Å². The molecule has 0 saturated heterocycles. The van der Waals surface area contributed by atoms with Crippen molar-refractivity contribution in [2.45, 2.75) is 33.7 Å². The Bertz CT molecular complexity index is 530. The monoisotopic (exact) mass is 282 g/mol. The molecule has 1 atom stereocenters. The van der Waals surface area contributed by atoms with Gasteiger partial charge in [-0.25, -0.2) is 4.98 Å². The molecule has 98 valence electrons. The zero-order chi connectivity index (χ0) is 13.3. The van der Waals surface area contributed by atoms with Gasteiger partial charge in [0.1, 0.15) is 10.8 Å². The summed E-state index contributed by atoms with van der Waals surface area (Å²) in [6.45, 7) is 8.54. The Morgan fingerprint density at radius 3 is 2.61 bits per heavy atom. The summed E-state index contributed by atoms with van der Waals surface area (Å²) >= 11 is 3.03. The first-order valence-electron chi connectivity index (χ1n) is 5.93. The molecule has 6 heteroatoms. The van der Waals surface area contributed by atoms with Crippen LogP contribution in [0.4, 0.5) is 10.8 Å². The molecular weight excluding hydrogens is 264 g/mol. The van der Waals surface area contributed by atoms with Crippen LogP contribution in [0.2, 0.25) is 0 Å². The van der Waals surface area contributed by atoms with Gasteiger partial charge in [-0.1, -0.05) is 13.8 Å². The zero-order valence-electron chi connectivity index (χ0n) is 11.0. The number of rotatable bonds is 4. The van der Waals surface area contributed by atoms with Gasteiger partial charge in [-0.15, -0.1) is 11.3 Å². The summed E-state index contributed by atoms with van der Waals surface area (Å²) in [4.78, 5) is 4.49. The molecule has 0 amide bonds. The Balaban J connectivity index is 2.33. The smallest absolute Gasteiger partial charge is 0.148 e. The van der Waals surface area contributed by atoms with Crippen LogP contribution in [0.25, 0.3) is 11.3 Å². The molecule has 2 aromatic heterocycles. The van der Waals surface area contributed by atoms with Crippen LogP contribution in [-0.4, -0.2) is 15.4 Å². The van der Waals surface area contributed by atoms with E-state index in [1.165, 1.54) is 11.5 Å². The van der Waals surface area contributed by atoms with E-state index in [4.69, 9.17) is 5.73 Å². The fourth-order valence-electron chi connectivity index (χ4n) is 1.50. The van der Waals surface area contributed by atoms with Crippen molar-refractivity contribution in [3.8, 4) is 11.3 Å². The highest BCUT2D eigenvalue weighted by molar-refractivity contribution is 7.11. The average molecular weight is 282 g/mol. The molecule has 2 aromatic rings. The maximum atomic E-state index is 5.96. The van der Waals surface area contributed by atoms with Gasteiger partial charge in [-0.05, 0) is 31.3 Å².